The number of aromatic hydroxyl groups is 1. The highest BCUT2D eigenvalue weighted by molar-refractivity contribution is 5.79. The Balaban J connectivity index is 2.67. The molecule has 0 saturated heterocycles. The number of nitrogens with two attached hydrogens (primary N) is 1. The van der Waals surface area contributed by atoms with Crippen molar-refractivity contribution < 1.29 is 5.11 Å². The standard InChI is InChI=1S/C14H19NO/c1-8-9(2)12(6-7-15)14-10(3)13(16)5-4-11(8)14/h4-6,8-9,16H,7,15H2,1-3H3/b12-6+. The minimum Gasteiger partial charge on any atom is -0.508 e. The van der Waals surface area contributed by atoms with E-state index < -0.39 is 0 Å². The van der Waals surface area contributed by atoms with Crippen LogP contribution in [-0.4, -0.2) is 11.7 Å². The third-order valence-corrected chi connectivity index (χ3v) is 3.83. The average molecular weight is 217 g/mol. The quantitative estimate of drug-likeness (QED) is 0.759. The van der Waals surface area contributed by atoms with Crippen molar-refractivity contribution >= 4 is 5.57 Å². The molecule has 0 saturated carbocycles. The van der Waals surface area contributed by atoms with Crippen LogP contribution in [0.2, 0.25) is 0 Å². The summed E-state index contributed by atoms with van der Waals surface area (Å²) in [7, 11) is 0. The van der Waals surface area contributed by atoms with Crippen LogP contribution in [0.5, 0.6) is 5.75 Å². The number of benzene rings is 1. The molecule has 2 heteroatoms. The molecule has 0 heterocycles. The Hall–Kier alpha value is -1.28. The van der Waals surface area contributed by atoms with Gasteiger partial charge in [0, 0.05) is 6.54 Å². The van der Waals surface area contributed by atoms with Gasteiger partial charge in [0.2, 0.25) is 0 Å². The van der Waals surface area contributed by atoms with Gasteiger partial charge >= 0.3 is 0 Å². The van der Waals surface area contributed by atoms with Crippen molar-refractivity contribution in [3.63, 3.8) is 0 Å². The summed E-state index contributed by atoms with van der Waals surface area (Å²) in [6.07, 6.45) is 2.08. The molecule has 3 N–H and O–H groups in total. The number of fused-ring (bicyclic) bond motifs is 1. The first-order chi connectivity index (χ1) is 7.57. The van der Waals surface area contributed by atoms with E-state index in [4.69, 9.17) is 5.73 Å². The number of hydrogen-bond acceptors (Lipinski definition) is 2. The normalized spacial score (nSPS) is 26.1. The highest BCUT2D eigenvalue weighted by Gasteiger charge is 2.31. The molecule has 2 rings (SSSR count). The molecule has 16 heavy (non-hydrogen) atoms. The molecule has 1 aromatic carbocycles. The topological polar surface area (TPSA) is 46.2 Å². The minimum atomic E-state index is 0.378. The van der Waals surface area contributed by atoms with Crippen LogP contribution in [0.4, 0.5) is 0 Å². The van der Waals surface area contributed by atoms with Crippen LogP contribution in [-0.2, 0) is 0 Å². The Labute approximate surface area is 96.8 Å². The molecular formula is C14H19NO. The van der Waals surface area contributed by atoms with E-state index >= 15 is 0 Å². The average Bonchev–Trinajstić information content (AvgIpc) is 2.50. The lowest BCUT2D eigenvalue weighted by atomic mass is 9.94. The van der Waals surface area contributed by atoms with Crippen LogP contribution >= 0.6 is 0 Å². The zero-order chi connectivity index (χ0) is 11.9. The number of phenolic OH excluding ortho intramolecular Hbond substituents is 1. The summed E-state index contributed by atoms with van der Waals surface area (Å²) in [6, 6.07) is 3.83. The maximum atomic E-state index is 9.78. The number of allylic oxidation sites excluding steroid dienone is 1. The summed E-state index contributed by atoms with van der Waals surface area (Å²) in [6.45, 7) is 6.99. The van der Waals surface area contributed by atoms with Crippen molar-refractivity contribution in [1.82, 2.24) is 0 Å². The molecule has 1 aromatic rings. The van der Waals surface area contributed by atoms with Crippen LogP contribution < -0.4 is 5.73 Å². The SMILES string of the molecule is Cc1c(O)ccc2c1/C(=C/CN)C(C)C2C. The molecule has 2 atom stereocenters. The molecule has 2 unspecified atom stereocenters. The van der Waals surface area contributed by atoms with Gasteiger partial charge in [0.25, 0.3) is 0 Å². The van der Waals surface area contributed by atoms with Crippen LogP contribution in [0.3, 0.4) is 0 Å². The van der Waals surface area contributed by atoms with Gasteiger partial charge in [0.15, 0.2) is 0 Å². The first kappa shape index (κ1) is 11.2. The number of hydrogen-bond donors (Lipinski definition) is 2. The maximum absolute atomic E-state index is 9.78. The second-order valence-corrected chi connectivity index (χ2v) is 4.65. The lowest BCUT2D eigenvalue weighted by Gasteiger charge is -2.10. The molecule has 0 aromatic heterocycles. The fourth-order valence-corrected chi connectivity index (χ4v) is 2.67. The monoisotopic (exact) mass is 217 g/mol. The highest BCUT2D eigenvalue weighted by Crippen LogP contribution is 2.48. The Morgan fingerprint density at radius 2 is 2.00 bits per heavy atom. The molecule has 1 aliphatic rings. The maximum Gasteiger partial charge on any atom is 0.119 e. The Morgan fingerprint density at radius 3 is 2.62 bits per heavy atom. The van der Waals surface area contributed by atoms with Crippen LogP contribution in [0, 0.1) is 12.8 Å². The van der Waals surface area contributed by atoms with Gasteiger partial charge in [-0.25, -0.2) is 0 Å². The molecule has 0 bridgehead atoms. The lowest BCUT2D eigenvalue weighted by Crippen LogP contribution is -2.01. The van der Waals surface area contributed by atoms with E-state index in [1.807, 2.05) is 13.0 Å². The van der Waals surface area contributed by atoms with Gasteiger partial charge in [-0.15, -0.1) is 0 Å². The van der Waals surface area contributed by atoms with Crippen LogP contribution in [0.25, 0.3) is 5.57 Å². The predicted octanol–water partition coefficient (Wildman–Crippen LogP) is 2.80. The van der Waals surface area contributed by atoms with E-state index in [-0.39, 0.29) is 0 Å². The summed E-state index contributed by atoms with van der Waals surface area (Å²) in [4.78, 5) is 0. The minimum absolute atomic E-state index is 0.378. The molecule has 0 radical (unpaired) electrons. The van der Waals surface area contributed by atoms with E-state index in [1.165, 1.54) is 16.7 Å². The molecule has 86 valence electrons. The zero-order valence-electron chi connectivity index (χ0n) is 10.1. The molecule has 0 aliphatic heterocycles. The van der Waals surface area contributed by atoms with Gasteiger partial charge in [-0.1, -0.05) is 26.0 Å². The van der Waals surface area contributed by atoms with E-state index in [0.717, 1.165) is 5.56 Å². The van der Waals surface area contributed by atoms with Gasteiger partial charge in [0.1, 0.15) is 5.75 Å². The van der Waals surface area contributed by atoms with Gasteiger partial charge < -0.3 is 10.8 Å². The lowest BCUT2D eigenvalue weighted by molar-refractivity contribution is 0.470. The Kier molecular flexibility index (Phi) is 2.76. The first-order valence-corrected chi connectivity index (χ1v) is 5.80. The summed E-state index contributed by atoms with van der Waals surface area (Å²) in [5.74, 6) is 1.37. The third kappa shape index (κ3) is 1.45. The summed E-state index contributed by atoms with van der Waals surface area (Å²) >= 11 is 0. The van der Waals surface area contributed by atoms with Gasteiger partial charge in [-0.2, -0.15) is 0 Å². The predicted molar refractivity (Wildman–Crippen MR) is 67.5 cm³/mol. The number of phenols is 1. The van der Waals surface area contributed by atoms with E-state index in [2.05, 4.69) is 19.9 Å². The van der Waals surface area contributed by atoms with E-state index in [9.17, 15) is 5.11 Å². The molecule has 0 amide bonds. The van der Waals surface area contributed by atoms with Crippen LogP contribution in [0.1, 0.15) is 36.5 Å². The fraction of sp³-hybridized carbons (Fsp3) is 0.429. The molecule has 1 aliphatic carbocycles. The van der Waals surface area contributed by atoms with E-state index in [1.54, 1.807) is 6.07 Å². The highest BCUT2D eigenvalue weighted by atomic mass is 16.3. The van der Waals surface area contributed by atoms with Crippen molar-refractivity contribution in [3.05, 3.63) is 34.9 Å². The van der Waals surface area contributed by atoms with Crippen molar-refractivity contribution in [2.45, 2.75) is 26.7 Å². The second-order valence-electron chi connectivity index (χ2n) is 4.65. The van der Waals surface area contributed by atoms with Crippen LogP contribution in [0.15, 0.2) is 18.2 Å². The summed E-state index contributed by atoms with van der Waals surface area (Å²) in [5.41, 5.74) is 10.4. The summed E-state index contributed by atoms with van der Waals surface area (Å²) < 4.78 is 0. The number of rotatable bonds is 1. The zero-order valence-corrected chi connectivity index (χ0v) is 10.1. The van der Waals surface area contributed by atoms with Gasteiger partial charge in [0.05, 0.1) is 0 Å². The molecule has 2 nitrogen and oxygen atoms in total. The van der Waals surface area contributed by atoms with Gasteiger partial charge in [-0.3, -0.25) is 0 Å². The Morgan fingerprint density at radius 1 is 1.31 bits per heavy atom. The third-order valence-electron chi connectivity index (χ3n) is 3.83. The first-order valence-electron chi connectivity index (χ1n) is 5.80. The fourth-order valence-electron chi connectivity index (χ4n) is 2.67. The second kappa shape index (κ2) is 3.95. The van der Waals surface area contributed by atoms with Crippen molar-refractivity contribution in [1.29, 1.82) is 0 Å². The van der Waals surface area contributed by atoms with Gasteiger partial charge in [-0.05, 0) is 47.1 Å². The van der Waals surface area contributed by atoms with Crippen molar-refractivity contribution in [3.8, 4) is 5.75 Å². The molecule has 0 fully saturated rings. The Bertz CT molecular complexity index is 448. The van der Waals surface area contributed by atoms with Crippen molar-refractivity contribution in [2.24, 2.45) is 11.7 Å². The molecular weight excluding hydrogens is 198 g/mol. The summed E-state index contributed by atoms with van der Waals surface area (Å²) in [5, 5.41) is 9.78. The van der Waals surface area contributed by atoms with Crippen molar-refractivity contribution in [2.75, 3.05) is 6.54 Å². The molecule has 0 spiro atoms. The smallest absolute Gasteiger partial charge is 0.119 e. The largest absolute Gasteiger partial charge is 0.508 e. The van der Waals surface area contributed by atoms with E-state index in [0.29, 0.717) is 24.1 Å².